The summed E-state index contributed by atoms with van der Waals surface area (Å²) >= 11 is 0. The monoisotopic (exact) mass is 313 g/mol. The van der Waals surface area contributed by atoms with Crippen LogP contribution in [0.4, 0.5) is 0 Å². The second kappa shape index (κ2) is 6.30. The molecule has 118 valence electrons. The number of pyridine rings is 2. The Balaban J connectivity index is 1.74. The number of aromatic nitrogens is 4. The summed E-state index contributed by atoms with van der Waals surface area (Å²) in [4.78, 5) is 36.8. The number of rotatable bonds is 5. The fourth-order valence-electron chi connectivity index (χ4n) is 2.13. The Morgan fingerprint density at radius 2 is 2.17 bits per heavy atom. The molecule has 0 aliphatic carbocycles. The molecule has 0 atom stereocenters. The van der Waals surface area contributed by atoms with Crippen LogP contribution in [-0.2, 0) is 6.54 Å². The molecule has 0 unspecified atom stereocenters. The van der Waals surface area contributed by atoms with E-state index in [9.17, 15) is 9.59 Å². The van der Waals surface area contributed by atoms with Crippen LogP contribution in [0.5, 0.6) is 5.88 Å². The Bertz CT molecular complexity index is 899. The van der Waals surface area contributed by atoms with Crippen molar-refractivity contribution in [1.82, 2.24) is 25.3 Å². The van der Waals surface area contributed by atoms with E-state index in [1.807, 2.05) is 13.0 Å². The van der Waals surface area contributed by atoms with Crippen LogP contribution in [0.3, 0.4) is 0 Å². The summed E-state index contributed by atoms with van der Waals surface area (Å²) in [6, 6.07) is 6.79. The highest BCUT2D eigenvalue weighted by Gasteiger charge is 2.11. The number of ether oxygens (including phenoxy) is 1. The average Bonchev–Trinajstić information content (AvgIpc) is 2.93. The largest absolute Gasteiger partial charge is 0.478 e. The van der Waals surface area contributed by atoms with Crippen molar-refractivity contribution in [1.29, 1.82) is 0 Å². The van der Waals surface area contributed by atoms with E-state index in [0.717, 1.165) is 5.56 Å². The third-order valence-electron chi connectivity index (χ3n) is 3.18. The van der Waals surface area contributed by atoms with Gasteiger partial charge in [0.15, 0.2) is 5.65 Å². The molecule has 1 amide bonds. The molecule has 0 bridgehead atoms. The number of fused-ring (bicyclic) bond motifs is 1. The van der Waals surface area contributed by atoms with Gasteiger partial charge in [0.05, 0.1) is 12.1 Å². The molecule has 0 radical (unpaired) electrons. The molecule has 23 heavy (non-hydrogen) atoms. The van der Waals surface area contributed by atoms with Crippen molar-refractivity contribution < 1.29 is 9.53 Å². The van der Waals surface area contributed by atoms with E-state index in [-0.39, 0.29) is 23.8 Å². The number of nitrogens with one attached hydrogen (secondary N) is 3. The van der Waals surface area contributed by atoms with E-state index >= 15 is 0 Å². The van der Waals surface area contributed by atoms with Gasteiger partial charge >= 0.3 is 5.69 Å². The Morgan fingerprint density at radius 1 is 1.30 bits per heavy atom. The van der Waals surface area contributed by atoms with E-state index in [0.29, 0.717) is 23.7 Å². The van der Waals surface area contributed by atoms with Crippen molar-refractivity contribution in [2.45, 2.75) is 13.5 Å². The number of aromatic amines is 2. The van der Waals surface area contributed by atoms with Gasteiger partial charge in [-0.15, -0.1) is 0 Å². The van der Waals surface area contributed by atoms with Gasteiger partial charge in [0, 0.05) is 18.3 Å². The lowest BCUT2D eigenvalue weighted by Crippen LogP contribution is -2.24. The summed E-state index contributed by atoms with van der Waals surface area (Å²) in [5.74, 6) is 0.147. The lowest BCUT2D eigenvalue weighted by molar-refractivity contribution is 0.0946. The summed E-state index contributed by atoms with van der Waals surface area (Å²) in [5, 5.41) is 2.76. The van der Waals surface area contributed by atoms with E-state index in [1.165, 1.54) is 0 Å². The van der Waals surface area contributed by atoms with Gasteiger partial charge in [0.2, 0.25) is 5.88 Å². The van der Waals surface area contributed by atoms with Crippen molar-refractivity contribution in [3.8, 4) is 5.88 Å². The predicted molar refractivity (Wildman–Crippen MR) is 83.3 cm³/mol. The molecule has 3 aromatic heterocycles. The molecule has 8 heteroatoms. The van der Waals surface area contributed by atoms with Crippen molar-refractivity contribution >= 4 is 17.1 Å². The van der Waals surface area contributed by atoms with Gasteiger partial charge in [-0.1, -0.05) is 6.07 Å². The molecule has 8 nitrogen and oxygen atoms in total. The molecule has 0 aromatic carbocycles. The normalized spacial score (nSPS) is 10.7. The van der Waals surface area contributed by atoms with Crippen molar-refractivity contribution in [2.24, 2.45) is 0 Å². The molecule has 3 heterocycles. The molecule has 0 saturated heterocycles. The van der Waals surface area contributed by atoms with E-state index in [2.05, 4.69) is 25.3 Å². The molecular formula is C15H15N5O3. The van der Waals surface area contributed by atoms with Gasteiger partial charge in [-0.25, -0.2) is 14.8 Å². The van der Waals surface area contributed by atoms with Crippen LogP contribution >= 0.6 is 0 Å². The maximum absolute atomic E-state index is 12.2. The summed E-state index contributed by atoms with van der Waals surface area (Å²) in [6.07, 6.45) is 1.63. The van der Waals surface area contributed by atoms with E-state index in [4.69, 9.17) is 4.74 Å². The summed E-state index contributed by atoms with van der Waals surface area (Å²) in [6.45, 7) is 2.64. The topological polar surface area (TPSA) is 113 Å². The second-order valence-electron chi connectivity index (χ2n) is 4.76. The average molecular weight is 313 g/mol. The van der Waals surface area contributed by atoms with Crippen LogP contribution in [0.2, 0.25) is 0 Å². The molecule has 3 N–H and O–H groups in total. The summed E-state index contributed by atoms with van der Waals surface area (Å²) < 4.78 is 5.41. The zero-order valence-electron chi connectivity index (χ0n) is 12.4. The standard InChI is InChI=1S/C15H15N5O3/c1-2-23-14-9(4-3-7-16-14)8-17-13(21)11-6-5-10-12(18-11)20-15(22)19-10/h3-7H,2,8H2,1H3,(H,17,21)(H2,18,19,20,22). The Labute approximate surface area is 130 Å². The molecule has 0 saturated carbocycles. The van der Waals surface area contributed by atoms with Crippen molar-refractivity contribution in [3.63, 3.8) is 0 Å². The molecule has 0 aliphatic heterocycles. The van der Waals surface area contributed by atoms with Crippen LogP contribution < -0.4 is 15.7 Å². The third-order valence-corrected chi connectivity index (χ3v) is 3.18. The molecular weight excluding hydrogens is 298 g/mol. The fraction of sp³-hybridized carbons (Fsp3) is 0.200. The second-order valence-corrected chi connectivity index (χ2v) is 4.76. The van der Waals surface area contributed by atoms with Gasteiger partial charge < -0.3 is 15.0 Å². The van der Waals surface area contributed by atoms with E-state index < -0.39 is 0 Å². The number of carbonyl (C=O) groups is 1. The highest BCUT2D eigenvalue weighted by Crippen LogP contribution is 2.14. The van der Waals surface area contributed by atoms with Gasteiger partial charge in [-0.3, -0.25) is 9.78 Å². The SMILES string of the molecule is CCOc1ncccc1CNC(=O)c1ccc2[nH]c(=O)[nH]c2n1. The van der Waals surface area contributed by atoms with Gasteiger partial charge in [-0.05, 0) is 25.1 Å². The quantitative estimate of drug-likeness (QED) is 0.650. The highest BCUT2D eigenvalue weighted by molar-refractivity contribution is 5.93. The number of imidazole rings is 1. The molecule has 3 aromatic rings. The highest BCUT2D eigenvalue weighted by atomic mass is 16.5. The minimum Gasteiger partial charge on any atom is -0.478 e. The first-order chi connectivity index (χ1) is 11.2. The number of H-pyrrole nitrogens is 2. The number of hydrogen-bond acceptors (Lipinski definition) is 5. The first-order valence-electron chi connectivity index (χ1n) is 7.11. The summed E-state index contributed by atoms with van der Waals surface area (Å²) in [7, 11) is 0. The Kier molecular flexibility index (Phi) is 4.05. The number of carbonyl (C=O) groups excluding carboxylic acids is 1. The van der Waals surface area contributed by atoms with Gasteiger partial charge in [-0.2, -0.15) is 0 Å². The molecule has 0 fully saturated rings. The van der Waals surface area contributed by atoms with Crippen LogP contribution in [-0.4, -0.2) is 32.4 Å². The van der Waals surface area contributed by atoms with Crippen LogP contribution in [0.25, 0.3) is 11.2 Å². The van der Waals surface area contributed by atoms with Crippen LogP contribution in [0.1, 0.15) is 23.0 Å². The molecule has 0 spiro atoms. The van der Waals surface area contributed by atoms with Crippen molar-refractivity contribution in [3.05, 3.63) is 52.2 Å². The lowest BCUT2D eigenvalue weighted by Gasteiger charge is -2.09. The van der Waals surface area contributed by atoms with E-state index in [1.54, 1.807) is 24.4 Å². The van der Waals surface area contributed by atoms with Gasteiger partial charge in [0.1, 0.15) is 5.69 Å². The minimum atomic E-state index is -0.359. The van der Waals surface area contributed by atoms with Crippen LogP contribution in [0, 0.1) is 0 Å². The predicted octanol–water partition coefficient (Wildman–Crippen LogP) is 0.975. The lowest BCUT2D eigenvalue weighted by atomic mass is 10.2. The van der Waals surface area contributed by atoms with Crippen LogP contribution in [0.15, 0.2) is 35.3 Å². The maximum Gasteiger partial charge on any atom is 0.325 e. The first kappa shape index (κ1) is 14.8. The van der Waals surface area contributed by atoms with Crippen molar-refractivity contribution in [2.75, 3.05) is 6.61 Å². The Hall–Kier alpha value is -3.16. The van der Waals surface area contributed by atoms with Gasteiger partial charge in [0.25, 0.3) is 5.91 Å². The fourth-order valence-corrected chi connectivity index (χ4v) is 2.13. The maximum atomic E-state index is 12.2. The Morgan fingerprint density at radius 3 is 3.00 bits per heavy atom. The smallest absolute Gasteiger partial charge is 0.325 e. The number of nitrogens with zero attached hydrogens (tertiary/aromatic N) is 2. The molecule has 0 aliphatic rings. The number of amides is 1. The zero-order valence-corrected chi connectivity index (χ0v) is 12.4. The molecule has 3 rings (SSSR count). The first-order valence-corrected chi connectivity index (χ1v) is 7.11. The third kappa shape index (κ3) is 3.20. The number of hydrogen-bond donors (Lipinski definition) is 3. The summed E-state index contributed by atoms with van der Waals surface area (Å²) in [5.41, 5.74) is 1.53. The zero-order chi connectivity index (χ0) is 16.2. The minimum absolute atomic E-state index is 0.217.